The minimum Gasteiger partial charge on any atom is -0.487 e. The monoisotopic (exact) mass is 637 g/mol. The van der Waals surface area contributed by atoms with E-state index in [2.05, 4.69) is 16.1 Å². The summed E-state index contributed by atoms with van der Waals surface area (Å²) in [6.45, 7) is -0.273. The summed E-state index contributed by atoms with van der Waals surface area (Å²) >= 11 is 0. The van der Waals surface area contributed by atoms with E-state index in [0.29, 0.717) is 13.0 Å². The second-order valence-corrected chi connectivity index (χ2v) is 10.4. The van der Waals surface area contributed by atoms with E-state index in [0.717, 1.165) is 29.2 Å². The van der Waals surface area contributed by atoms with Gasteiger partial charge in [0.25, 0.3) is 0 Å². The number of ether oxygens (including phenoxy) is 2. The molecular formula is C31H32F5N3O6. The molecule has 3 aromatic carbocycles. The van der Waals surface area contributed by atoms with Gasteiger partial charge in [0.2, 0.25) is 46.8 Å². The van der Waals surface area contributed by atoms with Crippen molar-refractivity contribution in [3.63, 3.8) is 0 Å². The number of hydrogen-bond acceptors (Lipinski definition) is 6. The van der Waals surface area contributed by atoms with Crippen molar-refractivity contribution in [1.29, 1.82) is 0 Å². The Morgan fingerprint density at radius 3 is 2.27 bits per heavy atom. The molecule has 1 heterocycles. The third-order valence-electron chi connectivity index (χ3n) is 7.26. The average molecular weight is 638 g/mol. The second-order valence-electron chi connectivity index (χ2n) is 10.4. The summed E-state index contributed by atoms with van der Waals surface area (Å²) in [5.41, 5.74) is 2.93. The maximum atomic E-state index is 14.1. The van der Waals surface area contributed by atoms with Crippen molar-refractivity contribution in [3.05, 3.63) is 77.1 Å². The predicted octanol–water partition coefficient (Wildman–Crippen LogP) is 4.36. The number of hydroxylamine groups is 1. The standard InChI is InChI=1S/C31H32F5N3O6/c1-37-31(42)21(15-17-9-10-18-6-2-3-7-19(18)14-17)38-30(41)20(16-22(40)39-45-23-8-4-5-12-43-23)11-13-44-29-27(35)25(33)24(32)26(34)28(29)36/h2-3,6-7,9-10,14,20-21,23H,4-5,8,11-13,15-16H2,1H3,(H,37,42)(H,38,41)(H,39,40)/t20?,21-,23?/m0/s1. The summed E-state index contributed by atoms with van der Waals surface area (Å²) in [6.07, 6.45) is 0.640. The highest BCUT2D eigenvalue weighted by Gasteiger charge is 2.30. The van der Waals surface area contributed by atoms with E-state index in [1.165, 1.54) is 7.05 Å². The number of hydrogen-bond donors (Lipinski definition) is 3. The lowest BCUT2D eigenvalue weighted by Gasteiger charge is -2.24. The van der Waals surface area contributed by atoms with Crippen molar-refractivity contribution in [1.82, 2.24) is 16.1 Å². The van der Waals surface area contributed by atoms with Gasteiger partial charge in [-0.25, -0.2) is 23.5 Å². The van der Waals surface area contributed by atoms with E-state index in [1.807, 2.05) is 36.4 Å². The predicted molar refractivity (Wildman–Crippen MR) is 151 cm³/mol. The van der Waals surface area contributed by atoms with Crippen LogP contribution in [0.4, 0.5) is 22.0 Å². The van der Waals surface area contributed by atoms with Crippen LogP contribution in [0.25, 0.3) is 10.8 Å². The summed E-state index contributed by atoms with van der Waals surface area (Å²) in [4.78, 5) is 44.2. The molecule has 2 unspecified atom stereocenters. The Kier molecular flexibility index (Phi) is 11.7. The van der Waals surface area contributed by atoms with Gasteiger partial charge in [-0.15, -0.1) is 0 Å². The third kappa shape index (κ3) is 8.66. The van der Waals surface area contributed by atoms with Gasteiger partial charge in [-0.3, -0.25) is 14.4 Å². The zero-order valence-electron chi connectivity index (χ0n) is 24.3. The fourth-order valence-electron chi connectivity index (χ4n) is 4.82. The first-order valence-corrected chi connectivity index (χ1v) is 14.3. The number of carbonyl (C=O) groups is 3. The molecular weight excluding hydrogens is 605 g/mol. The van der Waals surface area contributed by atoms with Crippen molar-refractivity contribution in [2.45, 2.75) is 50.9 Å². The Hall–Kier alpha value is -4.30. The van der Waals surface area contributed by atoms with Crippen LogP contribution >= 0.6 is 0 Å². The number of carbonyl (C=O) groups excluding carboxylic acids is 3. The topological polar surface area (TPSA) is 115 Å². The van der Waals surface area contributed by atoms with E-state index < -0.39 is 90.3 Å². The van der Waals surface area contributed by atoms with E-state index in [-0.39, 0.29) is 6.42 Å². The van der Waals surface area contributed by atoms with Crippen molar-refractivity contribution >= 4 is 28.5 Å². The largest absolute Gasteiger partial charge is 0.487 e. The smallest absolute Gasteiger partial charge is 0.244 e. The van der Waals surface area contributed by atoms with E-state index in [4.69, 9.17) is 14.3 Å². The van der Waals surface area contributed by atoms with Crippen LogP contribution in [0.1, 0.15) is 37.7 Å². The van der Waals surface area contributed by atoms with Gasteiger partial charge in [-0.1, -0.05) is 42.5 Å². The third-order valence-corrected chi connectivity index (χ3v) is 7.26. The van der Waals surface area contributed by atoms with Crippen molar-refractivity contribution in [2.75, 3.05) is 20.3 Å². The van der Waals surface area contributed by atoms with Crippen molar-refractivity contribution in [3.8, 4) is 5.75 Å². The van der Waals surface area contributed by atoms with Crippen LogP contribution in [-0.2, 0) is 30.4 Å². The molecule has 1 saturated heterocycles. The summed E-state index contributed by atoms with van der Waals surface area (Å²) in [7, 11) is 1.38. The fraction of sp³-hybridized carbons (Fsp3) is 0.387. The zero-order chi connectivity index (χ0) is 32.5. The molecule has 0 aromatic heterocycles. The van der Waals surface area contributed by atoms with Gasteiger partial charge in [0.15, 0.2) is 12.0 Å². The molecule has 242 valence electrons. The van der Waals surface area contributed by atoms with Crippen LogP contribution in [0.3, 0.4) is 0 Å². The first-order valence-electron chi connectivity index (χ1n) is 14.3. The number of nitrogens with one attached hydrogen (secondary N) is 3. The molecule has 1 aliphatic heterocycles. The van der Waals surface area contributed by atoms with E-state index in [9.17, 15) is 36.3 Å². The molecule has 4 rings (SSSR count). The van der Waals surface area contributed by atoms with Crippen LogP contribution in [0.5, 0.6) is 5.75 Å². The maximum Gasteiger partial charge on any atom is 0.244 e. The normalized spacial score (nSPS) is 16.1. The molecule has 14 heteroatoms. The molecule has 3 amide bonds. The highest BCUT2D eigenvalue weighted by atomic mass is 19.2. The Bertz CT molecular complexity index is 1510. The summed E-state index contributed by atoms with van der Waals surface area (Å²) in [6, 6.07) is 12.0. The lowest BCUT2D eigenvalue weighted by molar-refractivity contribution is -0.200. The lowest BCUT2D eigenvalue weighted by atomic mass is 9.97. The van der Waals surface area contributed by atoms with E-state index in [1.54, 1.807) is 6.07 Å². The molecule has 0 saturated carbocycles. The molecule has 45 heavy (non-hydrogen) atoms. The molecule has 3 N–H and O–H groups in total. The summed E-state index contributed by atoms with van der Waals surface area (Å²) in [5, 5.41) is 6.97. The van der Waals surface area contributed by atoms with Crippen LogP contribution < -0.4 is 20.9 Å². The van der Waals surface area contributed by atoms with Crippen molar-refractivity contribution < 1.29 is 50.6 Å². The van der Waals surface area contributed by atoms with Gasteiger partial charge < -0.3 is 20.1 Å². The maximum absolute atomic E-state index is 14.1. The summed E-state index contributed by atoms with van der Waals surface area (Å²) < 4.78 is 79.2. The minimum absolute atomic E-state index is 0.0817. The Balaban J connectivity index is 1.48. The van der Waals surface area contributed by atoms with Crippen molar-refractivity contribution in [2.24, 2.45) is 5.92 Å². The number of amides is 3. The summed E-state index contributed by atoms with van der Waals surface area (Å²) in [5.74, 6) is -16.0. The Morgan fingerprint density at radius 1 is 0.911 bits per heavy atom. The van der Waals surface area contributed by atoms with Crippen LogP contribution in [0, 0.1) is 35.0 Å². The Morgan fingerprint density at radius 2 is 1.60 bits per heavy atom. The number of halogens is 5. The van der Waals surface area contributed by atoms with Crippen LogP contribution in [-0.4, -0.2) is 50.3 Å². The molecule has 1 aliphatic rings. The van der Waals surface area contributed by atoms with Crippen LogP contribution in [0.2, 0.25) is 0 Å². The number of benzene rings is 3. The number of rotatable bonds is 13. The first-order chi connectivity index (χ1) is 21.6. The molecule has 0 aliphatic carbocycles. The molecule has 0 bridgehead atoms. The first kappa shape index (κ1) is 33.6. The van der Waals surface area contributed by atoms with E-state index >= 15 is 0 Å². The Labute approximate surface area is 255 Å². The highest BCUT2D eigenvalue weighted by molar-refractivity contribution is 5.91. The minimum atomic E-state index is -2.35. The SMILES string of the molecule is CNC(=O)[C@H](Cc1ccc2ccccc2c1)NC(=O)C(CCOc1c(F)c(F)c(F)c(F)c1F)CC(=O)NOC1CCCCO1. The van der Waals surface area contributed by atoms with Gasteiger partial charge in [0, 0.05) is 38.8 Å². The molecule has 3 aromatic rings. The zero-order valence-corrected chi connectivity index (χ0v) is 24.3. The van der Waals surface area contributed by atoms with Gasteiger partial charge in [-0.05, 0) is 35.6 Å². The van der Waals surface area contributed by atoms with Gasteiger partial charge >= 0.3 is 0 Å². The second kappa shape index (κ2) is 15.6. The lowest BCUT2D eigenvalue weighted by Crippen LogP contribution is -2.49. The van der Waals surface area contributed by atoms with Gasteiger partial charge in [-0.2, -0.15) is 8.78 Å². The number of fused-ring (bicyclic) bond motifs is 1. The average Bonchev–Trinajstić information content (AvgIpc) is 3.06. The molecule has 3 atom stereocenters. The van der Waals surface area contributed by atoms with Gasteiger partial charge in [0.05, 0.1) is 6.61 Å². The molecule has 1 fully saturated rings. The van der Waals surface area contributed by atoms with Gasteiger partial charge in [0.1, 0.15) is 6.04 Å². The number of likely N-dealkylation sites (N-methyl/N-ethyl adjacent to an activating group) is 1. The highest BCUT2D eigenvalue weighted by Crippen LogP contribution is 2.29. The molecule has 9 nitrogen and oxygen atoms in total. The quantitative estimate of drug-likeness (QED) is 0.111. The fourth-order valence-corrected chi connectivity index (χ4v) is 4.82. The molecule has 0 spiro atoms. The van der Waals surface area contributed by atoms with Crippen LogP contribution in [0.15, 0.2) is 42.5 Å². The molecule has 0 radical (unpaired) electrons.